The minimum Gasteiger partial charge on any atom is -0.494 e. The summed E-state index contributed by atoms with van der Waals surface area (Å²) in [5, 5.41) is 0. The molecular weight excluding hydrogens is 480 g/mol. The Morgan fingerprint density at radius 2 is 1.78 bits per heavy atom. The van der Waals surface area contributed by atoms with E-state index < -0.39 is 11.8 Å². The van der Waals surface area contributed by atoms with Crippen molar-refractivity contribution in [2.75, 3.05) is 13.2 Å². The second kappa shape index (κ2) is 10.7. The SMILES string of the molecule is CCOc1ccc(/C=C/C(=O)NNC(=O)COc2ccc(Br)cc2Br)cc1. The highest BCUT2D eigenvalue weighted by Crippen LogP contribution is 2.28. The second-order valence-corrected chi connectivity index (χ2v) is 7.01. The maximum absolute atomic E-state index is 11.8. The first-order valence-corrected chi connectivity index (χ1v) is 9.64. The lowest BCUT2D eigenvalue weighted by molar-refractivity contribution is -0.128. The van der Waals surface area contributed by atoms with Crippen LogP contribution in [0.3, 0.4) is 0 Å². The van der Waals surface area contributed by atoms with Gasteiger partial charge in [0, 0.05) is 10.5 Å². The maximum atomic E-state index is 11.8. The third-order valence-electron chi connectivity index (χ3n) is 3.20. The van der Waals surface area contributed by atoms with Gasteiger partial charge < -0.3 is 9.47 Å². The molecule has 0 spiro atoms. The van der Waals surface area contributed by atoms with Crippen molar-refractivity contribution in [2.24, 2.45) is 0 Å². The van der Waals surface area contributed by atoms with E-state index in [1.54, 1.807) is 24.3 Å². The summed E-state index contributed by atoms with van der Waals surface area (Å²) in [5.74, 6) is 0.355. The molecule has 27 heavy (non-hydrogen) atoms. The van der Waals surface area contributed by atoms with Crippen LogP contribution < -0.4 is 20.3 Å². The topological polar surface area (TPSA) is 76.7 Å². The number of halogens is 2. The van der Waals surface area contributed by atoms with Crippen molar-refractivity contribution in [3.63, 3.8) is 0 Å². The Balaban J connectivity index is 1.74. The number of carbonyl (C=O) groups excluding carboxylic acids is 2. The quantitative estimate of drug-likeness (QED) is 0.450. The van der Waals surface area contributed by atoms with Crippen LogP contribution in [0, 0.1) is 0 Å². The lowest BCUT2D eigenvalue weighted by Gasteiger charge is -2.09. The zero-order chi connectivity index (χ0) is 19.6. The highest BCUT2D eigenvalue weighted by atomic mass is 79.9. The fourth-order valence-electron chi connectivity index (χ4n) is 1.96. The summed E-state index contributed by atoms with van der Waals surface area (Å²) in [4.78, 5) is 23.5. The summed E-state index contributed by atoms with van der Waals surface area (Å²) in [6, 6.07) is 12.6. The number of carbonyl (C=O) groups is 2. The molecule has 2 rings (SSSR count). The molecule has 0 unspecified atom stereocenters. The largest absolute Gasteiger partial charge is 0.494 e. The number of hydrogen-bond acceptors (Lipinski definition) is 4. The average molecular weight is 498 g/mol. The molecule has 6 nitrogen and oxygen atoms in total. The van der Waals surface area contributed by atoms with Gasteiger partial charge in [-0.1, -0.05) is 28.1 Å². The molecule has 0 radical (unpaired) electrons. The van der Waals surface area contributed by atoms with Crippen LogP contribution in [-0.4, -0.2) is 25.0 Å². The minimum absolute atomic E-state index is 0.233. The molecule has 2 aromatic rings. The van der Waals surface area contributed by atoms with Crippen molar-refractivity contribution in [1.29, 1.82) is 0 Å². The van der Waals surface area contributed by atoms with E-state index in [0.717, 1.165) is 15.8 Å². The Morgan fingerprint density at radius 3 is 2.44 bits per heavy atom. The number of amides is 2. The Bertz CT molecular complexity index is 823. The van der Waals surface area contributed by atoms with Crippen LogP contribution in [0.5, 0.6) is 11.5 Å². The van der Waals surface area contributed by atoms with Gasteiger partial charge in [0.15, 0.2) is 6.61 Å². The molecule has 0 saturated heterocycles. The van der Waals surface area contributed by atoms with Crippen LogP contribution in [0.15, 0.2) is 57.5 Å². The van der Waals surface area contributed by atoms with E-state index in [2.05, 4.69) is 42.7 Å². The highest BCUT2D eigenvalue weighted by molar-refractivity contribution is 9.11. The molecule has 0 saturated carbocycles. The van der Waals surface area contributed by atoms with E-state index in [4.69, 9.17) is 9.47 Å². The third-order valence-corrected chi connectivity index (χ3v) is 4.31. The fourth-order valence-corrected chi connectivity index (χ4v) is 3.12. The predicted molar refractivity (Wildman–Crippen MR) is 110 cm³/mol. The first kappa shape index (κ1) is 21.0. The first-order valence-electron chi connectivity index (χ1n) is 8.05. The lowest BCUT2D eigenvalue weighted by Crippen LogP contribution is -2.43. The first-order chi connectivity index (χ1) is 13.0. The molecule has 2 amide bonds. The monoisotopic (exact) mass is 496 g/mol. The highest BCUT2D eigenvalue weighted by Gasteiger charge is 2.06. The van der Waals surface area contributed by atoms with E-state index in [9.17, 15) is 9.59 Å². The smallest absolute Gasteiger partial charge is 0.276 e. The van der Waals surface area contributed by atoms with Crippen LogP contribution in [0.25, 0.3) is 6.08 Å². The number of hydrazine groups is 1. The summed E-state index contributed by atoms with van der Waals surface area (Å²) < 4.78 is 12.3. The zero-order valence-corrected chi connectivity index (χ0v) is 17.7. The van der Waals surface area contributed by atoms with E-state index in [0.29, 0.717) is 16.8 Å². The Kier molecular flexibility index (Phi) is 8.35. The van der Waals surface area contributed by atoms with Gasteiger partial charge in [-0.25, -0.2) is 0 Å². The average Bonchev–Trinajstić information content (AvgIpc) is 2.65. The number of hydrogen-bond donors (Lipinski definition) is 2. The van der Waals surface area contributed by atoms with Crippen molar-refractivity contribution < 1.29 is 19.1 Å². The van der Waals surface area contributed by atoms with Gasteiger partial charge in [0.1, 0.15) is 11.5 Å². The van der Waals surface area contributed by atoms with E-state index in [1.165, 1.54) is 6.08 Å². The second-order valence-electron chi connectivity index (χ2n) is 5.24. The third kappa shape index (κ3) is 7.44. The normalized spacial score (nSPS) is 10.5. The van der Waals surface area contributed by atoms with Gasteiger partial charge in [0.05, 0.1) is 11.1 Å². The summed E-state index contributed by atoms with van der Waals surface area (Å²) in [5.41, 5.74) is 5.42. The lowest BCUT2D eigenvalue weighted by atomic mass is 10.2. The molecule has 0 aliphatic heterocycles. The summed E-state index contributed by atoms with van der Waals surface area (Å²) in [6.07, 6.45) is 2.95. The molecule has 0 bridgehead atoms. The van der Waals surface area contributed by atoms with Gasteiger partial charge >= 0.3 is 0 Å². The van der Waals surface area contributed by atoms with Gasteiger partial charge in [-0.15, -0.1) is 0 Å². The van der Waals surface area contributed by atoms with E-state index >= 15 is 0 Å². The summed E-state index contributed by atoms with van der Waals surface area (Å²) >= 11 is 6.68. The van der Waals surface area contributed by atoms with E-state index in [-0.39, 0.29) is 6.61 Å². The fraction of sp³-hybridized carbons (Fsp3) is 0.158. The maximum Gasteiger partial charge on any atom is 0.276 e. The molecule has 0 aromatic heterocycles. The molecular formula is C19H18Br2N2O4. The van der Waals surface area contributed by atoms with Gasteiger partial charge in [-0.2, -0.15) is 0 Å². The van der Waals surface area contributed by atoms with Crippen LogP contribution in [0.1, 0.15) is 12.5 Å². The number of ether oxygens (including phenoxy) is 2. The van der Waals surface area contributed by atoms with Gasteiger partial charge in [-0.3, -0.25) is 20.4 Å². The number of nitrogens with one attached hydrogen (secondary N) is 2. The van der Waals surface area contributed by atoms with Gasteiger partial charge in [0.25, 0.3) is 11.8 Å². The molecule has 142 valence electrons. The molecule has 0 aliphatic carbocycles. The van der Waals surface area contributed by atoms with Crippen molar-refractivity contribution in [2.45, 2.75) is 6.92 Å². The molecule has 0 aliphatic rings. The minimum atomic E-state index is -0.479. The predicted octanol–water partition coefficient (Wildman–Crippen LogP) is 3.85. The molecule has 2 aromatic carbocycles. The Morgan fingerprint density at radius 1 is 1.04 bits per heavy atom. The van der Waals surface area contributed by atoms with Crippen molar-refractivity contribution in [3.05, 3.63) is 63.0 Å². The molecule has 0 fully saturated rings. The van der Waals surface area contributed by atoms with Crippen LogP contribution in [-0.2, 0) is 9.59 Å². The number of rotatable bonds is 7. The van der Waals surface area contributed by atoms with Crippen molar-refractivity contribution >= 4 is 49.8 Å². The standard InChI is InChI=1S/C19H18Br2N2O4/c1-2-26-15-7-3-13(4-8-15)5-10-18(24)22-23-19(25)12-27-17-9-6-14(20)11-16(17)21/h3-11H,2,12H2,1H3,(H,22,24)(H,23,25)/b10-5+. The summed E-state index contributed by atoms with van der Waals surface area (Å²) in [6.45, 7) is 2.28. The Hall–Kier alpha value is -2.32. The molecule has 2 N–H and O–H groups in total. The summed E-state index contributed by atoms with van der Waals surface area (Å²) in [7, 11) is 0. The van der Waals surface area contributed by atoms with Crippen LogP contribution >= 0.6 is 31.9 Å². The van der Waals surface area contributed by atoms with Gasteiger partial charge in [0.2, 0.25) is 0 Å². The number of benzene rings is 2. The zero-order valence-electron chi connectivity index (χ0n) is 14.5. The molecule has 8 heteroatoms. The Labute approximate surface area is 174 Å². The van der Waals surface area contributed by atoms with Gasteiger partial charge in [-0.05, 0) is 64.8 Å². The molecule has 0 heterocycles. The van der Waals surface area contributed by atoms with Crippen molar-refractivity contribution in [1.82, 2.24) is 10.9 Å². The molecule has 0 atom stereocenters. The van der Waals surface area contributed by atoms with Crippen LogP contribution in [0.2, 0.25) is 0 Å². The van der Waals surface area contributed by atoms with Crippen LogP contribution in [0.4, 0.5) is 0 Å². The van der Waals surface area contributed by atoms with E-state index in [1.807, 2.05) is 31.2 Å². The van der Waals surface area contributed by atoms with Crippen molar-refractivity contribution in [3.8, 4) is 11.5 Å².